The fourth-order valence-electron chi connectivity index (χ4n) is 0.937. The van der Waals surface area contributed by atoms with Crippen LogP contribution in [0.2, 0.25) is 0 Å². The molecular formula is C6H7Cl2N4PdS+. The summed E-state index contributed by atoms with van der Waals surface area (Å²) in [6.07, 6.45) is 5.30. The van der Waals surface area contributed by atoms with Crippen molar-refractivity contribution >= 4 is 42.0 Å². The molecule has 2 rings (SSSR count). The van der Waals surface area contributed by atoms with Gasteiger partial charge in [0, 0.05) is 0 Å². The number of imidazole rings is 1. The Kier molecular flexibility index (Phi) is 5.75. The molecule has 0 aliphatic rings. The van der Waals surface area contributed by atoms with E-state index in [9.17, 15) is 0 Å². The fraction of sp³-hybridized carbons (Fsp3) is 0.167. The zero-order valence-electron chi connectivity index (χ0n) is 7.03. The third-order valence-electron chi connectivity index (χ3n) is 1.43. The summed E-state index contributed by atoms with van der Waals surface area (Å²) >= 11 is 1.53. The van der Waals surface area contributed by atoms with Gasteiger partial charge in [-0.25, -0.2) is 4.98 Å². The van der Waals surface area contributed by atoms with Crippen LogP contribution in [0, 0.1) is 0 Å². The van der Waals surface area contributed by atoms with Crippen molar-refractivity contribution in [2.75, 3.05) is 6.26 Å². The molecule has 0 amide bonds. The molecule has 0 unspecified atom stereocenters. The molecule has 2 aromatic rings. The van der Waals surface area contributed by atoms with Crippen LogP contribution in [0.25, 0.3) is 11.2 Å². The number of halogens is 2. The van der Waals surface area contributed by atoms with E-state index in [0.29, 0.717) is 0 Å². The Labute approximate surface area is 101 Å². The number of hydrogen-bond donors (Lipinski definition) is 1. The summed E-state index contributed by atoms with van der Waals surface area (Å²) in [6.45, 7) is 0. The third-order valence-corrected chi connectivity index (χ3v) is 2.16. The molecule has 8 heteroatoms. The van der Waals surface area contributed by atoms with Crippen LogP contribution in [0.4, 0.5) is 0 Å². The van der Waals surface area contributed by atoms with Gasteiger partial charge in [0.1, 0.15) is 0 Å². The van der Waals surface area contributed by atoms with Gasteiger partial charge in [0.25, 0.3) is 12.0 Å². The van der Waals surface area contributed by atoms with E-state index < -0.39 is 0 Å². The first-order valence-electron chi connectivity index (χ1n) is 3.39. The van der Waals surface area contributed by atoms with Crippen LogP contribution in [-0.2, 0) is 15.9 Å². The maximum atomic E-state index is 4.81. The Balaban J connectivity index is 0.000000293. The minimum absolute atomic E-state index is 0.106. The molecule has 0 aromatic carbocycles. The molecule has 0 saturated carbocycles. The van der Waals surface area contributed by atoms with E-state index in [0.717, 1.165) is 16.2 Å². The van der Waals surface area contributed by atoms with Gasteiger partial charge in [0.2, 0.25) is 0 Å². The second-order valence-electron chi connectivity index (χ2n) is 2.08. The quantitative estimate of drug-likeness (QED) is 0.488. The summed E-state index contributed by atoms with van der Waals surface area (Å²) in [6, 6.07) is 0. The Morgan fingerprint density at radius 3 is 2.86 bits per heavy atom. The van der Waals surface area contributed by atoms with Crippen LogP contribution in [-0.4, -0.2) is 21.2 Å². The van der Waals surface area contributed by atoms with Crippen LogP contribution in [0.3, 0.4) is 0 Å². The zero-order valence-corrected chi connectivity index (χ0v) is 10.9. The molecule has 0 saturated heterocycles. The number of aromatic nitrogens is 4. The van der Waals surface area contributed by atoms with E-state index in [1.807, 2.05) is 6.26 Å². The molecular weight excluding hydrogens is 337 g/mol. The zero-order chi connectivity index (χ0) is 10.4. The van der Waals surface area contributed by atoms with Gasteiger partial charge in [0.15, 0.2) is 10.5 Å². The Morgan fingerprint density at radius 1 is 1.50 bits per heavy atom. The number of rotatable bonds is 1. The third kappa shape index (κ3) is 3.07. The van der Waals surface area contributed by atoms with Crippen molar-refractivity contribution in [3.8, 4) is 0 Å². The standard InChI is InChI=1S/C6H6N4S.2ClH.Pd/c1-11-6-4-5(8-2-7-4)9-3-10-6;;;/h2-3H,1H3,(H,7,8,9,10);2*1H;/q;;;+2/p-1. The first-order chi connectivity index (χ1) is 6.83. The van der Waals surface area contributed by atoms with Gasteiger partial charge in [-0.1, -0.05) is 11.8 Å². The van der Waals surface area contributed by atoms with Crippen molar-refractivity contribution in [3.63, 3.8) is 0 Å². The van der Waals surface area contributed by atoms with Gasteiger partial charge in [-0.15, -0.1) is 0 Å². The van der Waals surface area contributed by atoms with E-state index >= 15 is 0 Å². The molecule has 0 aliphatic carbocycles. The molecule has 14 heavy (non-hydrogen) atoms. The van der Waals surface area contributed by atoms with E-state index in [1.165, 1.54) is 0 Å². The number of nitrogens with one attached hydrogen (secondary N) is 2. The average molecular weight is 345 g/mol. The second kappa shape index (κ2) is 6.59. The predicted octanol–water partition coefficient (Wildman–Crippen LogP) is 1.87. The molecule has 0 fully saturated rings. The molecule has 0 bridgehead atoms. The van der Waals surface area contributed by atoms with Gasteiger partial charge in [-0.3, -0.25) is 0 Å². The van der Waals surface area contributed by atoms with Crippen LogP contribution in [0.5, 0.6) is 0 Å². The molecule has 2 aromatic heterocycles. The van der Waals surface area contributed by atoms with Gasteiger partial charge in [0.05, 0.1) is 6.33 Å². The Hall–Kier alpha value is 0.142. The number of thioether (sulfide) groups is 1. The first-order valence-corrected chi connectivity index (χ1v) is 8.62. The van der Waals surface area contributed by atoms with E-state index in [1.54, 1.807) is 24.4 Å². The normalized spacial score (nSPS) is 9.93. The van der Waals surface area contributed by atoms with Crippen molar-refractivity contribution in [2.45, 2.75) is 5.03 Å². The summed E-state index contributed by atoms with van der Waals surface area (Å²) in [7, 11) is 9.63. The van der Waals surface area contributed by atoms with Crippen molar-refractivity contribution in [1.29, 1.82) is 0 Å². The van der Waals surface area contributed by atoms with Crippen molar-refractivity contribution in [3.05, 3.63) is 12.7 Å². The molecule has 0 radical (unpaired) electrons. The van der Waals surface area contributed by atoms with E-state index in [2.05, 4.69) is 19.9 Å². The van der Waals surface area contributed by atoms with Crippen LogP contribution in [0.15, 0.2) is 17.7 Å². The molecule has 0 atom stereocenters. The van der Waals surface area contributed by atoms with Crippen molar-refractivity contribution in [2.24, 2.45) is 0 Å². The van der Waals surface area contributed by atoms with Gasteiger partial charge in [-0.05, 0) is 11.2 Å². The summed E-state index contributed by atoms with van der Waals surface area (Å²) in [5, 5.41) is 1.06. The number of fused-ring (bicyclic) bond motifs is 1. The molecule has 0 spiro atoms. The Morgan fingerprint density at radius 2 is 2.21 bits per heavy atom. The van der Waals surface area contributed by atoms with Crippen molar-refractivity contribution in [1.82, 2.24) is 15.0 Å². The fourth-order valence-corrected chi connectivity index (χ4v) is 1.46. The summed E-state index contributed by atoms with van der Waals surface area (Å²) in [4.78, 5) is 14.1. The van der Waals surface area contributed by atoms with E-state index in [4.69, 9.17) is 19.1 Å². The SMILES string of the molecule is CSc1[nH+]cnc2nc[nH]c12.[Cl][Pd][Cl]. The molecule has 0 aliphatic heterocycles. The van der Waals surface area contributed by atoms with Crippen molar-refractivity contribution < 1.29 is 20.9 Å². The molecule has 2 N–H and O–H groups in total. The number of H-pyrrole nitrogens is 2. The summed E-state index contributed by atoms with van der Waals surface area (Å²) < 4.78 is 0. The summed E-state index contributed by atoms with van der Waals surface area (Å²) in [5.74, 6) is 0. The number of hydrogen-bond acceptors (Lipinski definition) is 3. The minimum atomic E-state index is -0.106. The predicted molar refractivity (Wildman–Crippen MR) is 53.9 cm³/mol. The average Bonchev–Trinajstić information content (AvgIpc) is 2.66. The molecule has 2 heterocycles. The molecule has 80 valence electrons. The van der Waals surface area contributed by atoms with Gasteiger partial charge >= 0.3 is 35.0 Å². The van der Waals surface area contributed by atoms with Crippen LogP contribution >= 0.6 is 30.8 Å². The first kappa shape index (κ1) is 12.2. The summed E-state index contributed by atoms with van der Waals surface area (Å²) in [5.41, 5.74) is 1.73. The van der Waals surface area contributed by atoms with Crippen LogP contribution < -0.4 is 4.98 Å². The second-order valence-corrected chi connectivity index (χ2v) is 5.26. The number of aromatic amines is 2. The Bertz CT molecular complexity index is 396. The van der Waals surface area contributed by atoms with Gasteiger partial charge < -0.3 is 4.98 Å². The topological polar surface area (TPSA) is 55.7 Å². The van der Waals surface area contributed by atoms with Crippen LogP contribution in [0.1, 0.15) is 0 Å². The molecule has 4 nitrogen and oxygen atoms in total. The number of nitrogens with zero attached hydrogens (tertiary/aromatic N) is 2. The van der Waals surface area contributed by atoms with E-state index in [-0.39, 0.29) is 15.9 Å². The van der Waals surface area contributed by atoms with Gasteiger partial charge in [-0.2, -0.15) is 4.98 Å². The monoisotopic (exact) mass is 343 g/mol. The maximum absolute atomic E-state index is 4.81.